The molecule has 1 saturated carbocycles. The first-order chi connectivity index (χ1) is 7.61. The third kappa shape index (κ3) is 1.56. The summed E-state index contributed by atoms with van der Waals surface area (Å²) in [6, 6.07) is 2.22. The van der Waals surface area contributed by atoms with E-state index in [1.54, 1.807) is 10.9 Å². The molecule has 1 aliphatic carbocycles. The average Bonchev–Trinajstić information content (AvgIpc) is 2.52. The normalized spacial score (nSPS) is 27.8. The molecule has 0 unspecified atom stereocenters. The van der Waals surface area contributed by atoms with Crippen LogP contribution in [-0.4, -0.2) is 16.3 Å². The number of nitrogens with zero attached hydrogens (tertiary/aromatic N) is 4. The van der Waals surface area contributed by atoms with Crippen molar-refractivity contribution in [2.24, 2.45) is 5.92 Å². The molecule has 0 radical (unpaired) electrons. The summed E-state index contributed by atoms with van der Waals surface area (Å²) in [5, 5.41) is 13.0. The van der Waals surface area contributed by atoms with Crippen LogP contribution in [0.5, 0.6) is 0 Å². The van der Waals surface area contributed by atoms with Crippen LogP contribution in [0.3, 0.4) is 0 Å². The van der Waals surface area contributed by atoms with Crippen LogP contribution >= 0.6 is 15.9 Å². The van der Waals surface area contributed by atoms with Crippen LogP contribution < -0.4 is 5.73 Å². The number of nitrogen functional groups attached to an aromatic ring is 1. The minimum absolute atomic E-state index is 0.0333. The lowest BCUT2D eigenvalue weighted by atomic mass is 9.69. The van der Waals surface area contributed by atoms with Crippen molar-refractivity contribution in [2.45, 2.75) is 18.4 Å². The van der Waals surface area contributed by atoms with Gasteiger partial charge in [-0.2, -0.15) is 10.4 Å². The van der Waals surface area contributed by atoms with Crippen molar-refractivity contribution >= 4 is 21.7 Å². The molecule has 6 heteroatoms. The minimum Gasteiger partial charge on any atom is -0.381 e. The van der Waals surface area contributed by atoms with Crippen LogP contribution in [0, 0.1) is 23.8 Å². The fraction of sp³-hybridized carbons (Fsp3) is 0.500. The van der Waals surface area contributed by atoms with Gasteiger partial charge in [0.15, 0.2) is 5.82 Å². The first kappa shape index (κ1) is 11.0. The van der Waals surface area contributed by atoms with Gasteiger partial charge in [-0.15, -0.1) is 0 Å². The SMILES string of the molecule is [C-]#[N+]CC1(n2cc(Br)c(N)n2)CC(C#N)C1. The second-order valence-corrected chi connectivity index (χ2v) is 4.94. The van der Waals surface area contributed by atoms with E-state index in [9.17, 15) is 0 Å². The molecule has 82 valence electrons. The first-order valence-corrected chi connectivity index (χ1v) is 5.64. The Morgan fingerprint density at radius 3 is 2.94 bits per heavy atom. The fourth-order valence-corrected chi connectivity index (χ4v) is 2.37. The van der Waals surface area contributed by atoms with Crippen LogP contribution in [-0.2, 0) is 5.54 Å². The molecule has 1 aromatic heterocycles. The van der Waals surface area contributed by atoms with E-state index in [1.165, 1.54) is 0 Å². The fourth-order valence-electron chi connectivity index (χ4n) is 2.09. The topological polar surface area (TPSA) is 72.0 Å². The lowest BCUT2D eigenvalue weighted by Gasteiger charge is -2.40. The van der Waals surface area contributed by atoms with Gasteiger partial charge in [0.1, 0.15) is 5.54 Å². The van der Waals surface area contributed by atoms with Crippen LogP contribution in [0.4, 0.5) is 5.82 Å². The van der Waals surface area contributed by atoms with Gasteiger partial charge in [-0.1, -0.05) is 0 Å². The van der Waals surface area contributed by atoms with E-state index in [1.807, 2.05) is 0 Å². The van der Waals surface area contributed by atoms with E-state index in [4.69, 9.17) is 17.6 Å². The monoisotopic (exact) mass is 279 g/mol. The largest absolute Gasteiger partial charge is 0.381 e. The molecule has 0 aliphatic heterocycles. The van der Waals surface area contributed by atoms with Gasteiger partial charge in [-0.25, -0.2) is 6.57 Å². The van der Waals surface area contributed by atoms with Gasteiger partial charge in [0, 0.05) is 6.20 Å². The predicted octanol–water partition coefficient (Wildman–Crippen LogP) is 1.78. The zero-order valence-corrected chi connectivity index (χ0v) is 10.1. The first-order valence-electron chi connectivity index (χ1n) is 4.85. The van der Waals surface area contributed by atoms with E-state index in [-0.39, 0.29) is 11.5 Å². The quantitative estimate of drug-likeness (QED) is 0.839. The summed E-state index contributed by atoms with van der Waals surface area (Å²) in [4.78, 5) is 3.44. The summed E-state index contributed by atoms with van der Waals surface area (Å²) in [6.45, 7) is 7.33. The highest BCUT2D eigenvalue weighted by molar-refractivity contribution is 9.10. The van der Waals surface area contributed by atoms with Crippen molar-refractivity contribution in [3.05, 3.63) is 22.1 Å². The van der Waals surface area contributed by atoms with Crippen LogP contribution in [0.2, 0.25) is 0 Å². The van der Waals surface area contributed by atoms with Gasteiger partial charge in [0.05, 0.1) is 16.5 Å². The number of anilines is 1. The molecule has 5 nitrogen and oxygen atoms in total. The molecule has 2 rings (SSSR count). The third-order valence-corrected chi connectivity index (χ3v) is 3.60. The summed E-state index contributed by atoms with van der Waals surface area (Å²) in [7, 11) is 0. The Hall–Kier alpha value is -1.53. The Bertz CT molecular complexity index is 467. The molecule has 1 aromatic rings. The minimum atomic E-state index is -0.331. The Morgan fingerprint density at radius 2 is 2.50 bits per heavy atom. The summed E-state index contributed by atoms with van der Waals surface area (Å²) < 4.78 is 2.47. The molecule has 0 spiro atoms. The Labute approximate surface area is 102 Å². The second-order valence-electron chi connectivity index (χ2n) is 4.08. The van der Waals surface area contributed by atoms with Crippen molar-refractivity contribution in [3.63, 3.8) is 0 Å². The molecular formula is C10H10BrN5. The molecule has 0 bridgehead atoms. The summed E-state index contributed by atoms with van der Waals surface area (Å²) >= 11 is 3.29. The number of halogens is 1. The highest BCUT2D eigenvalue weighted by Crippen LogP contribution is 2.44. The number of nitrogens with two attached hydrogens (primary N) is 1. The molecule has 1 heterocycles. The summed E-state index contributed by atoms with van der Waals surface area (Å²) in [6.07, 6.45) is 3.15. The number of hydrogen-bond acceptors (Lipinski definition) is 3. The maximum absolute atomic E-state index is 8.80. The molecule has 0 amide bonds. The van der Waals surface area contributed by atoms with Gasteiger partial charge in [0.2, 0.25) is 6.54 Å². The lowest BCUT2D eigenvalue weighted by molar-refractivity contribution is 0.102. The molecular weight excluding hydrogens is 270 g/mol. The van der Waals surface area contributed by atoms with Gasteiger partial charge in [0.25, 0.3) is 0 Å². The standard InChI is InChI=1S/C10H10BrN5/c1-14-6-10(2-7(3-10)4-12)16-5-8(11)9(13)15-16/h5,7H,2-3,6H2,(H2,13,15). The van der Waals surface area contributed by atoms with Crippen molar-refractivity contribution < 1.29 is 0 Å². The van der Waals surface area contributed by atoms with Crippen molar-refractivity contribution in [2.75, 3.05) is 12.3 Å². The smallest absolute Gasteiger partial charge is 0.239 e. The van der Waals surface area contributed by atoms with Gasteiger partial charge in [-0.05, 0) is 28.8 Å². The number of hydrogen-bond donors (Lipinski definition) is 1. The average molecular weight is 280 g/mol. The maximum Gasteiger partial charge on any atom is 0.239 e. The molecule has 0 saturated heterocycles. The van der Waals surface area contributed by atoms with Gasteiger partial charge in [-0.3, -0.25) is 4.68 Å². The van der Waals surface area contributed by atoms with Gasteiger partial charge >= 0.3 is 0 Å². The van der Waals surface area contributed by atoms with Crippen molar-refractivity contribution in [3.8, 4) is 6.07 Å². The Kier molecular flexibility index (Phi) is 2.61. The van der Waals surface area contributed by atoms with Crippen molar-refractivity contribution in [1.29, 1.82) is 5.26 Å². The van der Waals surface area contributed by atoms with Gasteiger partial charge < -0.3 is 10.6 Å². The summed E-state index contributed by atoms with van der Waals surface area (Å²) in [5.74, 6) is 0.454. The number of rotatable bonds is 2. The van der Waals surface area contributed by atoms with E-state index >= 15 is 0 Å². The van der Waals surface area contributed by atoms with E-state index in [0.29, 0.717) is 25.2 Å². The third-order valence-electron chi connectivity index (χ3n) is 2.99. The Balaban J connectivity index is 2.29. The molecule has 0 aromatic carbocycles. The van der Waals surface area contributed by atoms with E-state index in [2.05, 4.69) is 31.9 Å². The zero-order valence-electron chi connectivity index (χ0n) is 8.52. The van der Waals surface area contributed by atoms with Crippen LogP contribution in [0.15, 0.2) is 10.7 Å². The maximum atomic E-state index is 8.80. The number of aromatic nitrogens is 2. The van der Waals surface area contributed by atoms with Crippen LogP contribution in [0.1, 0.15) is 12.8 Å². The lowest BCUT2D eigenvalue weighted by Crippen LogP contribution is -2.48. The highest BCUT2D eigenvalue weighted by Gasteiger charge is 2.50. The molecule has 0 atom stereocenters. The number of nitriles is 1. The highest BCUT2D eigenvalue weighted by atomic mass is 79.9. The molecule has 16 heavy (non-hydrogen) atoms. The zero-order chi connectivity index (χ0) is 11.8. The van der Waals surface area contributed by atoms with E-state index < -0.39 is 0 Å². The van der Waals surface area contributed by atoms with E-state index in [0.717, 1.165) is 4.47 Å². The molecule has 1 aliphatic rings. The molecule has 1 fully saturated rings. The van der Waals surface area contributed by atoms with Crippen LogP contribution in [0.25, 0.3) is 4.85 Å². The summed E-state index contributed by atoms with van der Waals surface area (Å²) in [5.41, 5.74) is 5.33. The Morgan fingerprint density at radius 1 is 1.81 bits per heavy atom. The second kappa shape index (κ2) is 3.80. The molecule has 2 N–H and O–H groups in total. The predicted molar refractivity (Wildman–Crippen MR) is 62.1 cm³/mol. The van der Waals surface area contributed by atoms with Crippen molar-refractivity contribution in [1.82, 2.24) is 9.78 Å².